The van der Waals surface area contributed by atoms with E-state index in [-0.39, 0.29) is 13.0 Å². The molecule has 0 spiro atoms. The number of halogens is 1. The number of urea groups is 1. The van der Waals surface area contributed by atoms with Crippen LogP contribution in [0, 0.1) is 5.82 Å². The van der Waals surface area contributed by atoms with Gasteiger partial charge in [-0.15, -0.1) is 0 Å². The van der Waals surface area contributed by atoms with E-state index in [1.165, 1.54) is 17.8 Å². The number of hydrogen-bond acceptors (Lipinski definition) is 4. The van der Waals surface area contributed by atoms with Crippen LogP contribution in [0.25, 0.3) is 0 Å². The fourth-order valence-electron chi connectivity index (χ4n) is 1.51. The van der Waals surface area contributed by atoms with Crippen LogP contribution in [-0.2, 0) is 11.3 Å². The second-order valence-electron chi connectivity index (χ2n) is 4.07. The maximum absolute atomic E-state index is 13.3. The Morgan fingerprint density at radius 3 is 2.70 bits per heavy atom. The predicted octanol–water partition coefficient (Wildman–Crippen LogP) is 0.496. The van der Waals surface area contributed by atoms with E-state index in [4.69, 9.17) is 0 Å². The van der Waals surface area contributed by atoms with Crippen molar-refractivity contribution >= 4 is 23.8 Å². The van der Waals surface area contributed by atoms with Gasteiger partial charge in [0.25, 0.3) is 0 Å². The molecule has 0 bridgehead atoms. The molecular formula is C13H16FN2O3S-. The summed E-state index contributed by atoms with van der Waals surface area (Å²) in [5.74, 6) is -1.17. The molecule has 0 unspecified atom stereocenters. The molecule has 1 aromatic carbocycles. The highest BCUT2D eigenvalue weighted by molar-refractivity contribution is 7.98. The Kier molecular flexibility index (Phi) is 6.86. The molecule has 20 heavy (non-hydrogen) atoms. The third kappa shape index (κ3) is 5.48. The fraction of sp³-hybridized carbons (Fsp3) is 0.385. The molecule has 2 N–H and O–H groups in total. The minimum atomic E-state index is -1.33. The molecule has 0 saturated heterocycles. The molecule has 0 aliphatic heterocycles. The molecule has 1 atom stereocenters. The molecule has 0 saturated carbocycles. The van der Waals surface area contributed by atoms with Crippen LogP contribution in [0.4, 0.5) is 9.18 Å². The fourth-order valence-corrected chi connectivity index (χ4v) is 1.98. The van der Waals surface area contributed by atoms with E-state index in [9.17, 15) is 19.1 Å². The lowest BCUT2D eigenvalue weighted by atomic mass is 10.2. The van der Waals surface area contributed by atoms with Crippen molar-refractivity contribution in [1.29, 1.82) is 0 Å². The van der Waals surface area contributed by atoms with Crippen molar-refractivity contribution in [3.63, 3.8) is 0 Å². The van der Waals surface area contributed by atoms with Crippen LogP contribution >= 0.6 is 11.8 Å². The van der Waals surface area contributed by atoms with Crippen molar-refractivity contribution in [2.75, 3.05) is 12.0 Å². The largest absolute Gasteiger partial charge is 0.548 e. The summed E-state index contributed by atoms with van der Waals surface area (Å²) >= 11 is 1.47. The van der Waals surface area contributed by atoms with Crippen LogP contribution in [0.1, 0.15) is 12.0 Å². The standard InChI is InChI=1S/C13H17FN2O3S/c1-20-7-6-11(12(17)18)16-13(19)15-8-9-4-2-3-5-10(9)14/h2-5,11H,6-8H2,1H3,(H,17,18)(H2,15,16,19)/p-1/t11-/m0/s1. The quantitative estimate of drug-likeness (QED) is 0.768. The second-order valence-corrected chi connectivity index (χ2v) is 5.06. The molecule has 0 aromatic heterocycles. The van der Waals surface area contributed by atoms with Gasteiger partial charge >= 0.3 is 6.03 Å². The van der Waals surface area contributed by atoms with Crippen molar-refractivity contribution in [1.82, 2.24) is 10.6 Å². The Hall–Kier alpha value is -1.76. The van der Waals surface area contributed by atoms with Gasteiger partial charge in [0.05, 0.1) is 12.0 Å². The Labute approximate surface area is 120 Å². The van der Waals surface area contributed by atoms with Gasteiger partial charge in [-0.25, -0.2) is 9.18 Å². The van der Waals surface area contributed by atoms with Crippen LogP contribution in [0.2, 0.25) is 0 Å². The van der Waals surface area contributed by atoms with Gasteiger partial charge in [-0.05, 0) is 24.5 Å². The van der Waals surface area contributed by atoms with Gasteiger partial charge < -0.3 is 20.5 Å². The number of hydrogen-bond donors (Lipinski definition) is 2. The lowest BCUT2D eigenvalue weighted by Gasteiger charge is -2.19. The minimum absolute atomic E-state index is 0.0131. The summed E-state index contributed by atoms with van der Waals surface area (Å²) in [4.78, 5) is 22.4. The monoisotopic (exact) mass is 299 g/mol. The molecular weight excluding hydrogens is 283 g/mol. The molecule has 7 heteroatoms. The first kappa shape index (κ1) is 16.3. The zero-order valence-corrected chi connectivity index (χ0v) is 11.8. The van der Waals surface area contributed by atoms with E-state index in [1.54, 1.807) is 18.2 Å². The lowest BCUT2D eigenvalue weighted by Crippen LogP contribution is -2.51. The van der Waals surface area contributed by atoms with E-state index in [0.29, 0.717) is 11.3 Å². The van der Waals surface area contributed by atoms with Crippen LogP contribution in [0.15, 0.2) is 24.3 Å². The topological polar surface area (TPSA) is 81.3 Å². The number of carbonyl (C=O) groups is 2. The van der Waals surface area contributed by atoms with Gasteiger partial charge in [-0.2, -0.15) is 11.8 Å². The Morgan fingerprint density at radius 1 is 1.40 bits per heavy atom. The molecule has 0 aliphatic rings. The summed E-state index contributed by atoms with van der Waals surface area (Å²) in [6.45, 7) is -0.0131. The second kappa shape index (κ2) is 8.42. The summed E-state index contributed by atoms with van der Waals surface area (Å²) in [5.41, 5.74) is 0.330. The average Bonchev–Trinajstić information content (AvgIpc) is 2.42. The molecule has 0 radical (unpaired) electrons. The Bertz CT molecular complexity index is 471. The molecule has 2 amide bonds. The zero-order valence-electron chi connectivity index (χ0n) is 11.0. The maximum Gasteiger partial charge on any atom is 0.315 e. The zero-order chi connectivity index (χ0) is 15.0. The summed E-state index contributed by atoms with van der Waals surface area (Å²) in [6.07, 6.45) is 2.11. The smallest absolute Gasteiger partial charge is 0.315 e. The van der Waals surface area contributed by atoms with Crippen LogP contribution in [0.3, 0.4) is 0 Å². The first-order valence-electron chi connectivity index (χ1n) is 6.02. The highest BCUT2D eigenvalue weighted by Crippen LogP contribution is 2.05. The third-order valence-corrected chi connectivity index (χ3v) is 3.24. The van der Waals surface area contributed by atoms with Crippen molar-refractivity contribution in [3.8, 4) is 0 Å². The molecule has 0 heterocycles. The van der Waals surface area contributed by atoms with Gasteiger partial charge in [-0.3, -0.25) is 0 Å². The highest BCUT2D eigenvalue weighted by Gasteiger charge is 2.13. The molecule has 0 aliphatic carbocycles. The lowest BCUT2D eigenvalue weighted by molar-refractivity contribution is -0.308. The van der Waals surface area contributed by atoms with E-state index < -0.39 is 23.9 Å². The maximum atomic E-state index is 13.3. The Morgan fingerprint density at radius 2 is 2.10 bits per heavy atom. The number of thioether (sulfide) groups is 1. The van der Waals surface area contributed by atoms with Gasteiger partial charge in [0, 0.05) is 12.1 Å². The number of rotatable bonds is 7. The van der Waals surface area contributed by atoms with Gasteiger partial charge in [0.15, 0.2) is 0 Å². The van der Waals surface area contributed by atoms with E-state index in [0.717, 1.165) is 0 Å². The summed E-state index contributed by atoms with van der Waals surface area (Å²) in [7, 11) is 0. The number of aliphatic carboxylic acids is 1. The third-order valence-electron chi connectivity index (χ3n) is 2.60. The average molecular weight is 299 g/mol. The SMILES string of the molecule is CSCC[C@H](NC(=O)NCc1ccccc1F)C(=O)[O-]. The van der Waals surface area contributed by atoms with E-state index in [1.807, 2.05) is 6.26 Å². The number of carbonyl (C=O) groups excluding carboxylic acids is 2. The molecule has 1 rings (SSSR count). The van der Waals surface area contributed by atoms with Crippen molar-refractivity contribution in [3.05, 3.63) is 35.6 Å². The highest BCUT2D eigenvalue weighted by atomic mass is 32.2. The van der Waals surface area contributed by atoms with Crippen LogP contribution in [-0.4, -0.2) is 30.1 Å². The Balaban J connectivity index is 2.46. The minimum Gasteiger partial charge on any atom is -0.548 e. The van der Waals surface area contributed by atoms with Gasteiger partial charge in [0.2, 0.25) is 0 Å². The van der Waals surface area contributed by atoms with E-state index >= 15 is 0 Å². The molecule has 5 nitrogen and oxygen atoms in total. The summed E-state index contributed by atoms with van der Waals surface area (Å²) in [6, 6.07) is 4.32. The van der Waals surface area contributed by atoms with Crippen molar-refractivity contribution < 1.29 is 19.1 Å². The number of nitrogens with one attached hydrogen (secondary N) is 2. The van der Waals surface area contributed by atoms with Crippen molar-refractivity contribution in [2.45, 2.75) is 19.0 Å². The number of carboxylic acids is 1. The summed E-state index contributed by atoms with van der Waals surface area (Å²) in [5, 5.41) is 15.6. The predicted molar refractivity (Wildman–Crippen MR) is 73.6 cm³/mol. The number of amides is 2. The molecule has 110 valence electrons. The van der Waals surface area contributed by atoms with Crippen molar-refractivity contribution in [2.24, 2.45) is 0 Å². The first-order chi connectivity index (χ1) is 9.54. The first-order valence-corrected chi connectivity index (χ1v) is 7.41. The summed E-state index contributed by atoms with van der Waals surface area (Å²) < 4.78 is 13.3. The molecule has 0 fully saturated rings. The van der Waals surface area contributed by atoms with Crippen LogP contribution in [0.5, 0.6) is 0 Å². The normalized spacial score (nSPS) is 11.7. The number of benzene rings is 1. The van der Waals surface area contributed by atoms with Gasteiger partial charge in [0.1, 0.15) is 5.82 Å². The molecule has 1 aromatic rings. The number of carboxylic acid groups (broad SMARTS) is 1. The van der Waals surface area contributed by atoms with Gasteiger partial charge in [-0.1, -0.05) is 18.2 Å². The van der Waals surface area contributed by atoms with Crippen LogP contribution < -0.4 is 15.7 Å². The van der Waals surface area contributed by atoms with E-state index in [2.05, 4.69) is 10.6 Å².